The van der Waals surface area contributed by atoms with Gasteiger partial charge in [-0.25, -0.2) is 4.68 Å². The Morgan fingerprint density at radius 2 is 2.03 bits per heavy atom. The van der Waals surface area contributed by atoms with Gasteiger partial charge >= 0.3 is 0 Å². The van der Waals surface area contributed by atoms with Gasteiger partial charge in [0, 0.05) is 24.7 Å². The molecule has 1 N–H and O–H groups in total. The molecule has 1 fully saturated rings. The highest BCUT2D eigenvalue weighted by molar-refractivity contribution is 5.80. The molecule has 2 aromatic heterocycles. The maximum absolute atomic E-state index is 13.4. The minimum atomic E-state index is -0.316. The van der Waals surface area contributed by atoms with Crippen LogP contribution >= 0.6 is 0 Å². The number of hydrogen-bond donors (Lipinski definition) is 1. The van der Waals surface area contributed by atoms with Gasteiger partial charge in [-0.3, -0.25) is 9.69 Å². The van der Waals surface area contributed by atoms with Crippen molar-refractivity contribution in [1.29, 1.82) is 0 Å². The third-order valence-corrected chi connectivity index (χ3v) is 6.69. The second kappa shape index (κ2) is 9.77. The number of aromatic nitrogens is 5. The van der Waals surface area contributed by atoms with Gasteiger partial charge in [0.25, 0.3) is 5.56 Å². The van der Waals surface area contributed by atoms with E-state index in [9.17, 15) is 4.79 Å². The lowest BCUT2D eigenvalue weighted by molar-refractivity contribution is 0.141. The minimum absolute atomic E-state index is 0.124. The summed E-state index contributed by atoms with van der Waals surface area (Å²) >= 11 is 0. The zero-order valence-electron chi connectivity index (χ0n) is 19.6. The van der Waals surface area contributed by atoms with E-state index in [0.717, 1.165) is 36.8 Å². The lowest BCUT2D eigenvalue weighted by Gasteiger charge is -2.36. The summed E-state index contributed by atoms with van der Waals surface area (Å²) in [6, 6.07) is 17.7. The zero-order chi connectivity index (χ0) is 23.5. The van der Waals surface area contributed by atoms with Gasteiger partial charge in [0.1, 0.15) is 11.8 Å². The van der Waals surface area contributed by atoms with Gasteiger partial charge in [0.15, 0.2) is 5.82 Å². The summed E-state index contributed by atoms with van der Waals surface area (Å²) in [6.45, 7) is 4.71. The number of H-pyrrole nitrogens is 1. The Labute approximate surface area is 198 Å². The van der Waals surface area contributed by atoms with Crippen LogP contribution in [0.3, 0.4) is 0 Å². The molecule has 0 amide bonds. The summed E-state index contributed by atoms with van der Waals surface area (Å²) in [5, 5.41) is 13.7. The Hall–Kier alpha value is -3.52. The fourth-order valence-electron chi connectivity index (χ4n) is 4.93. The second-order valence-electron chi connectivity index (χ2n) is 9.15. The molecule has 1 aliphatic rings. The zero-order valence-corrected chi connectivity index (χ0v) is 19.6. The first-order chi connectivity index (χ1) is 16.6. The van der Waals surface area contributed by atoms with E-state index >= 15 is 0 Å². The third-order valence-electron chi connectivity index (χ3n) is 6.69. The van der Waals surface area contributed by atoms with E-state index < -0.39 is 0 Å². The highest BCUT2D eigenvalue weighted by Crippen LogP contribution is 2.31. The Kier molecular flexibility index (Phi) is 6.40. The van der Waals surface area contributed by atoms with Crippen LogP contribution in [0.1, 0.15) is 42.8 Å². The average Bonchev–Trinajstić information content (AvgIpc) is 3.32. The van der Waals surface area contributed by atoms with Gasteiger partial charge in [-0.15, -0.1) is 5.10 Å². The van der Waals surface area contributed by atoms with E-state index in [4.69, 9.17) is 4.74 Å². The SMILES string of the molecule is COc1ccc2cc([C@H](c3nnnn3CCc3ccccc3)N3CCC[C@H](C)C3)c(=O)[nH]c2c1. The molecule has 1 saturated heterocycles. The molecule has 0 saturated carbocycles. The Balaban J connectivity index is 1.56. The normalized spacial score (nSPS) is 17.6. The number of aryl methyl sites for hydroxylation is 2. The molecule has 5 rings (SSSR count). The van der Waals surface area contributed by atoms with Crippen molar-refractivity contribution in [2.45, 2.75) is 38.8 Å². The number of hydrogen-bond acceptors (Lipinski definition) is 6. The van der Waals surface area contributed by atoms with E-state index in [-0.39, 0.29) is 11.6 Å². The van der Waals surface area contributed by atoms with E-state index in [1.165, 1.54) is 12.0 Å². The molecular formula is C26H30N6O2. The molecule has 2 aromatic carbocycles. The van der Waals surface area contributed by atoms with Crippen molar-refractivity contribution >= 4 is 10.9 Å². The van der Waals surface area contributed by atoms with Crippen LogP contribution in [0.4, 0.5) is 0 Å². The second-order valence-corrected chi connectivity index (χ2v) is 9.15. The monoisotopic (exact) mass is 458 g/mol. The lowest BCUT2D eigenvalue weighted by Crippen LogP contribution is -2.41. The summed E-state index contributed by atoms with van der Waals surface area (Å²) in [6.07, 6.45) is 3.10. The molecule has 34 heavy (non-hydrogen) atoms. The molecule has 0 aliphatic carbocycles. The summed E-state index contributed by atoms with van der Waals surface area (Å²) in [5.74, 6) is 1.97. The molecule has 0 spiro atoms. The van der Waals surface area contributed by atoms with Crippen molar-refractivity contribution in [3.63, 3.8) is 0 Å². The number of rotatable bonds is 7. The van der Waals surface area contributed by atoms with Crippen molar-refractivity contribution in [1.82, 2.24) is 30.1 Å². The highest BCUT2D eigenvalue weighted by atomic mass is 16.5. The number of pyridine rings is 1. The predicted octanol–water partition coefficient (Wildman–Crippen LogP) is 3.59. The molecule has 0 bridgehead atoms. The maximum atomic E-state index is 13.4. The van der Waals surface area contributed by atoms with Crippen LogP contribution in [0.2, 0.25) is 0 Å². The summed E-state index contributed by atoms with van der Waals surface area (Å²) in [7, 11) is 1.62. The molecule has 1 aliphatic heterocycles. The van der Waals surface area contributed by atoms with E-state index in [0.29, 0.717) is 29.6 Å². The van der Waals surface area contributed by atoms with E-state index in [1.807, 2.05) is 47.1 Å². The van der Waals surface area contributed by atoms with Crippen molar-refractivity contribution in [3.8, 4) is 5.75 Å². The highest BCUT2D eigenvalue weighted by Gasteiger charge is 2.32. The molecular weight excluding hydrogens is 428 g/mol. The number of fused-ring (bicyclic) bond motifs is 1. The van der Waals surface area contributed by atoms with Crippen molar-refractivity contribution < 1.29 is 4.74 Å². The van der Waals surface area contributed by atoms with E-state index in [2.05, 4.69) is 44.5 Å². The standard InChI is InChI=1S/C26H30N6O2/c1-18-7-6-13-31(17-18)24(22-15-20-10-11-21(34-2)16-23(20)27-26(22)33)25-28-29-30-32(25)14-12-19-8-4-3-5-9-19/h3-5,8-11,15-16,18,24H,6-7,12-14,17H2,1-2H3,(H,27,33)/t18-,24+/m0/s1. The van der Waals surface area contributed by atoms with Crippen molar-refractivity contribution in [2.24, 2.45) is 5.92 Å². The first kappa shape index (κ1) is 22.3. The fourth-order valence-corrected chi connectivity index (χ4v) is 4.93. The number of aromatic amines is 1. The Morgan fingerprint density at radius 3 is 2.82 bits per heavy atom. The molecule has 4 aromatic rings. The first-order valence-electron chi connectivity index (χ1n) is 11.9. The average molecular weight is 459 g/mol. The van der Waals surface area contributed by atoms with Crippen LogP contribution in [0, 0.1) is 5.92 Å². The predicted molar refractivity (Wildman–Crippen MR) is 131 cm³/mol. The first-order valence-corrected chi connectivity index (χ1v) is 11.9. The van der Waals surface area contributed by atoms with Crippen LogP contribution in [-0.2, 0) is 13.0 Å². The van der Waals surface area contributed by atoms with Gasteiger partial charge in [0.2, 0.25) is 0 Å². The molecule has 8 heteroatoms. The molecule has 0 unspecified atom stereocenters. The molecule has 8 nitrogen and oxygen atoms in total. The smallest absolute Gasteiger partial charge is 0.253 e. The summed E-state index contributed by atoms with van der Waals surface area (Å²) in [4.78, 5) is 18.8. The van der Waals surface area contributed by atoms with E-state index in [1.54, 1.807) is 7.11 Å². The molecule has 0 radical (unpaired) electrons. The van der Waals surface area contributed by atoms with Crippen molar-refractivity contribution in [3.05, 3.63) is 81.9 Å². The number of nitrogens with zero attached hydrogens (tertiary/aromatic N) is 5. The van der Waals surface area contributed by atoms with Crippen LogP contribution in [-0.4, -0.2) is 50.3 Å². The van der Waals surface area contributed by atoms with Gasteiger partial charge < -0.3 is 9.72 Å². The van der Waals surface area contributed by atoms with Crippen molar-refractivity contribution in [2.75, 3.05) is 20.2 Å². The van der Waals surface area contributed by atoms with Gasteiger partial charge in [0.05, 0.1) is 12.6 Å². The Bertz CT molecular complexity index is 1320. The molecule has 2 atom stereocenters. The van der Waals surface area contributed by atoms with Crippen LogP contribution < -0.4 is 10.3 Å². The molecule has 3 heterocycles. The third kappa shape index (κ3) is 4.59. The summed E-state index contributed by atoms with van der Waals surface area (Å²) < 4.78 is 7.18. The number of piperidine rings is 1. The van der Waals surface area contributed by atoms with Crippen LogP contribution in [0.15, 0.2) is 59.4 Å². The van der Waals surface area contributed by atoms with Gasteiger partial charge in [-0.05, 0) is 71.3 Å². The summed E-state index contributed by atoms with van der Waals surface area (Å²) in [5.41, 5.74) is 2.52. The quantitative estimate of drug-likeness (QED) is 0.455. The van der Waals surface area contributed by atoms with Crippen LogP contribution in [0.25, 0.3) is 10.9 Å². The largest absolute Gasteiger partial charge is 0.497 e. The fraction of sp³-hybridized carbons (Fsp3) is 0.385. The minimum Gasteiger partial charge on any atom is -0.497 e. The number of ether oxygens (including phenoxy) is 1. The number of methoxy groups -OCH3 is 1. The number of nitrogens with one attached hydrogen (secondary N) is 1. The van der Waals surface area contributed by atoms with Gasteiger partial charge in [-0.2, -0.15) is 0 Å². The maximum Gasteiger partial charge on any atom is 0.253 e. The topological polar surface area (TPSA) is 88.9 Å². The molecule has 176 valence electrons. The van der Waals surface area contributed by atoms with Crippen LogP contribution in [0.5, 0.6) is 5.75 Å². The van der Waals surface area contributed by atoms with Gasteiger partial charge in [-0.1, -0.05) is 37.3 Å². The lowest BCUT2D eigenvalue weighted by atomic mass is 9.95. The number of tetrazole rings is 1. The Morgan fingerprint density at radius 1 is 1.18 bits per heavy atom. The number of benzene rings is 2. The number of likely N-dealkylation sites (tertiary alicyclic amines) is 1.